The molecule has 0 aliphatic rings. The number of amides is 1. The number of hydrogen-bond donors (Lipinski definition) is 1. The highest BCUT2D eigenvalue weighted by atomic mass is 35.5. The number of rotatable bonds is 7. The second-order valence-electron chi connectivity index (χ2n) is 7.05. The third-order valence-electron chi connectivity index (χ3n) is 4.64. The van der Waals surface area contributed by atoms with Crippen molar-refractivity contribution >= 4 is 33.2 Å². The molecule has 5 nitrogen and oxygen atoms in total. The maximum atomic E-state index is 13.0. The third-order valence-corrected chi connectivity index (χ3v) is 6.06. The number of sulfonamides is 1. The van der Waals surface area contributed by atoms with E-state index in [2.05, 4.69) is 11.4 Å². The number of benzene rings is 2. The lowest BCUT2D eigenvalue weighted by Gasteiger charge is -2.31. The molecule has 2 aromatic carbocycles. The Morgan fingerprint density at radius 2 is 1.86 bits per heavy atom. The zero-order chi connectivity index (χ0) is 21.1. The first-order valence-corrected chi connectivity index (χ1v) is 11.4. The summed E-state index contributed by atoms with van der Waals surface area (Å²) in [5.74, 6) is -0.347. The van der Waals surface area contributed by atoms with Gasteiger partial charge in [-0.15, -0.1) is 0 Å². The number of nitrogens with one attached hydrogen (secondary N) is 1. The predicted octanol–water partition coefficient (Wildman–Crippen LogP) is 4.38. The van der Waals surface area contributed by atoms with Gasteiger partial charge in [-0.05, 0) is 56.5 Å². The number of anilines is 1. The smallest absolute Gasteiger partial charge is 0.244 e. The summed E-state index contributed by atoms with van der Waals surface area (Å²) in [6, 6.07) is 11.4. The van der Waals surface area contributed by atoms with Crippen molar-refractivity contribution in [2.45, 2.75) is 46.2 Å². The molecule has 0 aromatic heterocycles. The van der Waals surface area contributed by atoms with Gasteiger partial charge in [0.15, 0.2) is 0 Å². The zero-order valence-corrected chi connectivity index (χ0v) is 18.4. The average molecular weight is 423 g/mol. The lowest BCUT2D eigenvalue weighted by molar-refractivity contribution is -0.122. The standard InChI is InChI=1S/C21H27ClN2O3S/c1-6-20(24(28(5,26)27)18-9-7-8-17(22)13-18)21(25)23-16(4)19-11-10-14(2)12-15(19)3/h7-13,16,20H,6H2,1-5H3,(H,23,25). The van der Waals surface area contributed by atoms with E-state index in [-0.39, 0.29) is 11.9 Å². The molecule has 0 radical (unpaired) electrons. The lowest BCUT2D eigenvalue weighted by Crippen LogP contribution is -2.49. The average Bonchev–Trinajstić information content (AvgIpc) is 2.57. The summed E-state index contributed by atoms with van der Waals surface area (Å²) >= 11 is 6.04. The van der Waals surface area contributed by atoms with Crippen LogP contribution in [0.4, 0.5) is 5.69 Å². The quantitative estimate of drug-likeness (QED) is 0.720. The number of aryl methyl sites for hydroxylation is 2. The van der Waals surface area contributed by atoms with Crippen LogP contribution < -0.4 is 9.62 Å². The minimum Gasteiger partial charge on any atom is -0.348 e. The zero-order valence-electron chi connectivity index (χ0n) is 16.9. The minimum absolute atomic E-state index is 0.247. The third kappa shape index (κ3) is 5.26. The summed E-state index contributed by atoms with van der Waals surface area (Å²) in [4.78, 5) is 13.0. The van der Waals surface area contributed by atoms with Crippen LogP contribution in [0, 0.1) is 13.8 Å². The largest absolute Gasteiger partial charge is 0.348 e. The van der Waals surface area contributed by atoms with Crippen LogP contribution >= 0.6 is 11.6 Å². The van der Waals surface area contributed by atoms with Crippen LogP contribution in [0.15, 0.2) is 42.5 Å². The molecule has 0 spiro atoms. The molecular weight excluding hydrogens is 396 g/mol. The fourth-order valence-electron chi connectivity index (χ4n) is 3.37. The van der Waals surface area contributed by atoms with E-state index in [0.717, 1.165) is 27.3 Å². The minimum atomic E-state index is -3.69. The van der Waals surface area contributed by atoms with E-state index < -0.39 is 16.1 Å². The highest BCUT2D eigenvalue weighted by molar-refractivity contribution is 7.92. The summed E-state index contributed by atoms with van der Waals surface area (Å²) in [5.41, 5.74) is 3.60. The van der Waals surface area contributed by atoms with E-state index in [4.69, 9.17) is 11.6 Å². The van der Waals surface area contributed by atoms with Crippen molar-refractivity contribution in [1.82, 2.24) is 5.32 Å². The van der Waals surface area contributed by atoms with Gasteiger partial charge in [-0.2, -0.15) is 0 Å². The van der Waals surface area contributed by atoms with Crippen LogP contribution in [0.5, 0.6) is 0 Å². The van der Waals surface area contributed by atoms with Crippen LogP contribution in [0.25, 0.3) is 0 Å². The van der Waals surface area contributed by atoms with Gasteiger partial charge >= 0.3 is 0 Å². The van der Waals surface area contributed by atoms with E-state index in [0.29, 0.717) is 17.1 Å². The van der Waals surface area contributed by atoms with Gasteiger partial charge in [0.05, 0.1) is 18.0 Å². The molecule has 7 heteroatoms. The summed E-state index contributed by atoms with van der Waals surface area (Å²) in [5, 5.41) is 3.37. The van der Waals surface area contributed by atoms with Gasteiger partial charge < -0.3 is 5.32 Å². The van der Waals surface area contributed by atoms with Gasteiger partial charge in [0, 0.05) is 5.02 Å². The summed E-state index contributed by atoms with van der Waals surface area (Å²) in [7, 11) is -3.69. The Morgan fingerprint density at radius 1 is 1.18 bits per heavy atom. The first kappa shape index (κ1) is 22.2. The Hall–Kier alpha value is -2.05. The van der Waals surface area contributed by atoms with Gasteiger partial charge in [0.2, 0.25) is 15.9 Å². The van der Waals surface area contributed by atoms with Gasteiger partial charge in [0.25, 0.3) is 0 Å². The number of carbonyl (C=O) groups is 1. The Kier molecular flexibility index (Phi) is 7.12. The number of nitrogens with zero attached hydrogens (tertiary/aromatic N) is 1. The molecule has 0 heterocycles. The molecular formula is C21H27ClN2O3S. The fraction of sp³-hybridized carbons (Fsp3) is 0.381. The molecule has 152 valence electrons. The number of hydrogen-bond acceptors (Lipinski definition) is 3. The van der Waals surface area contributed by atoms with E-state index >= 15 is 0 Å². The van der Waals surface area contributed by atoms with Crippen LogP contribution in [0.1, 0.15) is 43.0 Å². The number of carbonyl (C=O) groups excluding carboxylic acids is 1. The molecule has 2 atom stereocenters. The second-order valence-corrected chi connectivity index (χ2v) is 9.35. The first-order valence-electron chi connectivity index (χ1n) is 9.17. The molecule has 0 fully saturated rings. The van der Waals surface area contributed by atoms with Gasteiger partial charge in [-0.1, -0.05) is 48.4 Å². The van der Waals surface area contributed by atoms with Crippen molar-refractivity contribution in [2.24, 2.45) is 0 Å². The Labute approximate surface area is 172 Å². The topological polar surface area (TPSA) is 66.5 Å². The molecule has 0 saturated heterocycles. The van der Waals surface area contributed by atoms with Gasteiger partial charge in [-0.3, -0.25) is 9.10 Å². The maximum absolute atomic E-state index is 13.0. The van der Waals surface area contributed by atoms with Crippen molar-refractivity contribution in [3.8, 4) is 0 Å². The van der Waals surface area contributed by atoms with E-state index in [1.807, 2.05) is 32.9 Å². The Balaban J connectivity index is 2.33. The van der Waals surface area contributed by atoms with E-state index in [9.17, 15) is 13.2 Å². The van der Waals surface area contributed by atoms with Crippen LogP contribution in [0.2, 0.25) is 5.02 Å². The number of halogens is 1. The normalized spacial score (nSPS) is 13.6. The summed E-state index contributed by atoms with van der Waals surface area (Å²) in [6.45, 7) is 7.69. The monoisotopic (exact) mass is 422 g/mol. The summed E-state index contributed by atoms with van der Waals surface area (Å²) in [6.07, 6.45) is 1.42. The lowest BCUT2D eigenvalue weighted by atomic mass is 10.00. The van der Waals surface area contributed by atoms with E-state index in [1.165, 1.54) is 0 Å². The molecule has 0 aliphatic heterocycles. The Bertz CT molecular complexity index is 960. The molecule has 1 N–H and O–H groups in total. The molecule has 2 rings (SSSR count). The molecule has 0 aliphatic carbocycles. The fourth-order valence-corrected chi connectivity index (χ4v) is 4.76. The van der Waals surface area contributed by atoms with Crippen LogP contribution in [0.3, 0.4) is 0 Å². The van der Waals surface area contributed by atoms with Crippen LogP contribution in [-0.2, 0) is 14.8 Å². The van der Waals surface area contributed by atoms with E-state index in [1.54, 1.807) is 31.2 Å². The molecule has 0 saturated carbocycles. The predicted molar refractivity (Wildman–Crippen MR) is 115 cm³/mol. The SMILES string of the molecule is CCC(C(=O)NC(C)c1ccc(C)cc1C)N(c1cccc(Cl)c1)S(C)(=O)=O. The van der Waals surface area contributed by atoms with Gasteiger partial charge in [0.1, 0.15) is 6.04 Å². The highest BCUT2D eigenvalue weighted by Crippen LogP contribution is 2.26. The molecule has 1 amide bonds. The van der Waals surface area contributed by atoms with Crippen molar-refractivity contribution in [3.63, 3.8) is 0 Å². The molecule has 28 heavy (non-hydrogen) atoms. The van der Waals surface area contributed by atoms with Crippen molar-refractivity contribution in [3.05, 3.63) is 64.2 Å². The first-order chi connectivity index (χ1) is 13.0. The van der Waals surface area contributed by atoms with Crippen LogP contribution in [-0.4, -0.2) is 26.6 Å². The Morgan fingerprint density at radius 3 is 2.39 bits per heavy atom. The molecule has 0 bridgehead atoms. The second kappa shape index (κ2) is 8.97. The highest BCUT2D eigenvalue weighted by Gasteiger charge is 2.32. The van der Waals surface area contributed by atoms with Crippen molar-refractivity contribution in [1.29, 1.82) is 0 Å². The molecule has 2 aromatic rings. The maximum Gasteiger partial charge on any atom is 0.244 e. The summed E-state index contributed by atoms with van der Waals surface area (Å²) < 4.78 is 26.1. The molecule has 2 unspecified atom stereocenters. The van der Waals surface area contributed by atoms with Crippen molar-refractivity contribution in [2.75, 3.05) is 10.6 Å². The van der Waals surface area contributed by atoms with Gasteiger partial charge in [-0.25, -0.2) is 8.42 Å². The van der Waals surface area contributed by atoms with Crippen molar-refractivity contribution < 1.29 is 13.2 Å².